The summed E-state index contributed by atoms with van der Waals surface area (Å²) in [6.07, 6.45) is 5.69. The van der Waals surface area contributed by atoms with E-state index < -0.39 is 6.04 Å². The van der Waals surface area contributed by atoms with Crippen LogP contribution in [-0.4, -0.2) is 61.3 Å². The van der Waals surface area contributed by atoms with Gasteiger partial charge in [-0.2, -0.15) is 5.26 Å². The Morgan fingerprint density at radius 2 is 2.00 bits per heavy atom. The van der Waals surface area contributed by atoms with Gasteiger partial charge in [0.1, 0.15) is 11.9 Å². The smallest absolute Gasteiger partial charge is 0.238 e. The van der Waals surface area contributed by atoms with E-state index in [1.165, 1.54) is 0 Å². The van der Waals surface area contributed by atoms with Gasteiger partial charge in [0.2, 0.25) is 5.91 Å². The quantitative estimate of drug-likeness (QED) is 0.693. The fraction of sp³-hybridized carbons (Fsp3) is 0.692. The van der Waals surface area contributed by atoms with Crippen LogP contribution in [0.1, 0.15) is 49.1 Å². The predicted octanol–water partition coefficient (Wildman–Crippen LogP) is 2.34. The van der Waals surface area contributed by atoms with E-state index in [0.717, 1.165) is 64.0 Å². The fourth-order valence-corrected chi connectivity index (χ4v) is 7.08. The molecule has 0 spiro atoms. The molecule has 4 unspecified atom stereocenters. The molecular weight excluding hydrogens is 419 g/mol. The molecule has 1 amide bonds. The first-order valence-corrected chi connectivity index (χ1v) is 12.6. The van der Waals surface area contributed by atoms with E-state index >= 15 is 4.39 Å². The van der Waals surface area contributed by atoms with Crippen LogP contribution in [0.25, 0.3) is 0 Å². The monoisotopic (exact) mass is 452 g/mol. The number of ether oxygens (including phenoxy) is 1. The van der Waals surface area contributed by atoms with Crippen molar-refractivity contribution >= 4 is 5.91 Å². The average Bonchev–Trinajstić information content (AvgIpc) is 3.53. The topological polar surface area (TPSA) is 77.4 Å². The van der Waals surface area contributed by atoms with Crippen molar-refractivity contribution in [2.45, 2.75) is 68.6 Å². The van der Waals surface area contributed by atoms with Gasteiger partial charge in [-0.1, -0.05) is 12.1 Å². The van der Waals surface area contributed by atoms with Gasteiger partial charge in [0.25, 0.3) is 0 Å². The van der Waals surface area contributed by atoms with E-state index in [2.05, 4.69) is 21.6 Å². The summed E-state index contributed by atoms with van der Waals surface area (Å²) >= 11 is 0. The number of likely N-dealkylation sites (tertiary alicyclic amines) is 1. The van der Waals surface area contributed by atoms with Crippen molar-refractivity contribution in [2.75, 3.05) is 26.3 Å². The molecule has 3 aliphatic heterocycles. The van der Waals surface area contributed by atoms with E-state index in [1.807, 2.05) is 12.1 Å². The van der Waals surface area contributed by atoms with Crippen LogP contribution >= 0.6 is 0 Å². The molecule has 2 aliphatic carbocycles. The Hall–Kier alpha value is -2.01. The number of piperidine rings is 1. The highest BCUT2D eigenvalue weighted by Gasteiger charge is 2.45. The molecule has 176 valence electrons. The van der Waals surface area contributed by atoms with Gasteiger partial charge in [0.15, 0.2) is 0 Å². The molecule has 6 atom stereocenters. The molecule has 0 aromatic heterocycles. The van der Waals surface area contributed by atoms with Crippen molar-refractivity contribution in [3.63, 3.8) is 0 Å². The molecule has 3 heterocycles. The number of nitriles is 1. The molecular formula is C26H33FN4O2. The summed E-state index contributed by atoms with van der Waals surface area (Å²) < 4.78 is 20.4. The van der Waals surface area contributed by atoms with Gasteiger partial charge >= 0.3 is 0 Å². The van der Waals surface area contributed by atoms with Gasteiger partial charge in [-0.3, -0.25) is 9.69 Å². The Labute approximate surface area is 194 Å². The summed E-state index contributed by atoms with van der Waals surface area (Å²) in [6.45, 7) is 4.05. The number of fused-ring (bicyclic) bond motifs is 3. The maximum atomic E-state index is 15.0. The molecule has 6 rings (SSSR count). The highest BCUT2D eigenvalue weighted by molar-refractivity contribution is 5.83. The zero-order valence-corrected chi connectivity index (χ0v) is 19.0. The number of hydrogen-bond donors (Lipinski definition) is 2. The number of rotatable bonds is 6. The van der Waals surface area contributed by atoms with Gasteiger partial charge in [0.05, 0.1) is 31.4 Å². The third kappa shape index (κ3) is 4.07. The molecule has 5 aliphatic rings. The summed E-state index contributed by atoms with van der Waals surface area (Å²) in [6, 6.07) is 7.81. The van der Waals surface area contributed by atoms with Crippen molar-refractivity contribution in [3.8, 4) is 6.07 Å². The molecule has 1 aromatic carbocycles. The number of carbonyl (C=O) groups excluding carboxylic acids is 1. The highest BCUT2D eigenvalue weighted by Crippen LogP contribution is 2.47. The fourth-order valence-electron chi connectivity index (χ4n) is 7.08. The Morgan fingerprint density at radius 1 is 1.21 bits per heavy atom. The van der Waals surface area contributed by atoms with Crippen LogP contribution in [0, 0.1) is 34.9 Å². The molecule has 2 saturated carbocycles. The average molecular weight is 453 g/mol. The Morgan fingerprint density at radius 3 is 2.58 bits per heavy atom. The van der Waals surface area contributed by atoms with Crippen LogP contribution in [-0.2, 0) is 16.0 Å². The second kappa shape index (κ2) is 8.65. The van der Waals surface area contributed by atoms with Crippen LogP contribution in [0.5, 0.6) is 0 Å². The summed E-state index contributed by atoms with van der Waals surface area (Å²) in [7, 11) is 0. The van der Waals surface area contributed by atoms with Gasteiger partial charge < -0.3 is 15.4 Å². The lowest BCUT2D eigenvalue weighted by Gasteiger charge is -2.35. The van der Waals surface area contributed by atoms with Gasteiger partial charge in [0, 0.05) is 25.6 Å². The van der Waals surface area contributed by atoms with E-state index in [-0.39, 0.29) is 24.2 Å². The maximum Gasteiger partial charge on any atom is 0.238 e. The first-order chi connectivity index (χ1) is 16.1. The lowest BCUT2D eigenvalue weighted by molar-refractivity contribution is -0.124. The van der Waals surface area contributed by atoms with Crippen molar-refractivity contribution in [1.29, 1.82) is 5.26 Å². The number of hydrogen-bond acceptors (Lipinski definition) is 5. The van der Waals surface area contributed by atoms with Crippen LogP contribution in [0.4, 0.5) is 4.39 Å². The number of carbonyl (C=O) groups is 1. The Bertz CT molecular complexity index is 946. The molecule has 33 heavy (non-hydrogen) atoms. The van der Waals surface area contributed by atoms with E-state index in [4.69, 9.17) is 4.74 Å². The van der Waals surface area contributed by atoms with Crippen molar-refractivity contribution in [1.82, 2.24) is 15.5 Å². The molecule has 5 fully saturated rings. The minimum atomic E-state index is -0.717. The molecule has 7 heteroatoms. The third-order valence-corrected chi connectivity index (χ3v) is 9.00. The molecule has 0 radical (unpaired) electrons. The zero-order chi connectivity index (χ0) is 22.5. The first-order valence-electron chi connectivity index (χ1n) is 12.6. The molecule has 2 N–H and O–H groups in total. The number of nitrogens with zero attached hydrogens (tertiary/aromatic N) is 2. The number of amides is 1. The lowest BCUT2D eigenvalue weighted by Crippen LogP contribution is -2.50. The molecule has 3 saturated heterocycles. The van der Waals surface area contributed by atoms with Gasteiger partial charge in [-0.15, -0.1) is 0 Å². The second-order valence-electron chi connectivity index (χ2n) is 11.0. The normalized spacial score (nSPS) is 36.4. The molecule has 2 bridgehead atoms. The first kappa shape index (κ1) is 21.5. The number of halogens is 1. The molecule has 1 aromatic rings. The minimum absolute atomic E-state index is 0.120. The number of benzene rings is 1. The van der Waals surface area contributed by atoms with Crippen LogP contribution < -0.4 is 10.6 Å². The summed E-state index contributed by atoms with van der Waals surface area (Å²) in [5.41, 5.74) is 1.58. The summed E-state index contributed by atoms with van der Waals surface area (Å²) in [4.78, 5) is 15.2. The largest absolute Gasteiger partial charge is 0.378 e. The second-order valence-corrected chi connectivity index (χ2v) is 11.0. The van der Waals surface area contributed by atoms with Gasteiger partial charge in [-0.05, 0) is 73.0 Å². The van der Waals surface area contributed by atoms with Crippen molar-refractivity contribution in [3.05, 3.63) is 35.1 Å². The molecule has 6 nitrogen and oxygen atoms in total. The summed E-state index contributed by atoms with van der Waals surface area (Å²) in [5, 5.41) is 15.8. The van der Waals surface area contributed by atoms with Crippen LogP contribution in [0.2, 0.25) is 0 Å². The van der Waals surface area contributed by atoms with E-state index in [1.54, 1.807) is 6.07 Å². The van der Waals surface area contributed by atoms with Crippen molar-refractivity contribution < 1.29 is 13.9 Å². The number of nitrogens with one attached hydrogen (secondary N) is 2. The minimum Gasteiger partial charge on any atom is -0.378 e. The lowest BCUT2D eigenvalue weighted by atomic mass is 9.93. The van der Waals surface area contributed by atoms with Crippen LogP contribution in [0.15, 0.2) is 18.2 Å². The Balaban J connectivity index is 1.05. The van der Waals surface area contributed by atoms with Gasteiger partial charge in [-0.25, -0.2) is 4.39 Å². The predicted molar refractivity (Wildman–Crippen MR) is 121 cm³/mol. The summed E-state index contributed by atoms with van der Waals surface area (Å²) in [5.74, 6) is 1.81. The Kier molecular flexibility index (Phi) is 5.64. The van der Waals surface area contributed by atoms with E-state index in [0.29, 0.717) is 41.3 Å². The highest BCUT2D eigenvalue weighted by atomic mass is 19.1. The van der Waals surface area contributed by atoms with Crippen molar-refractivity contribution in [2.24, 2.45) is 17.8 Å². The zero-order valence-electron chi connectivity index (χ0n) is 19.0. The SMILES string of the molecule is N#C[C@H](Cc1ccc(C2CC3CN(C4COC4)CC3C2)cc1F)NC(=O)[C@H]1NC2CCC1C2. The third-order valence-electron chi connectivity index (χ3n) is 9.00. The van der Waals surface area contributed by atoms with E-state index in [9.17, 15) is 10.1 Å². The standard InChI is InChI=1S/C26H33FN4O2/c27-24-9-15(18-5-19-11-31(12-20(19)6-18)23-13-33-14-23)1-2-16(24)7-22(10-28)30-26(32)25-17-3-4-21(8-17)29-25/h1-2,9,17-23,25,29H,3-8,11-14H2,(H,30,32)/t17?,18?,19?,20?,21?,22-,25-/m0/s1. The van der Waals surface area contributed by atoms with Crippen LogP contribution in [0.3, 0.4) is 0 Å². The maximum absolute atomic E-state index is 15.0.